The standard InChI is InChI=1S/C40H48O10/c1-17(2)22-11-9-20-13-26(48-36(20)46)38(6)15-24(38)32(43)28-19(5)34(30(22)41)50-40(8)29(28)33(44)25-16-39(25,7)27-14-21(37(47)49-27)10-12-23(18(3)4)31(42)35(40)45/h13-14,22-31,41-42H,1,3,9-12,15-16H2,2,4-8H3. The summed E-state index contributed by atoms with van der Waals surface area (Å²) < 4.78 is 18.3. The highest BCUT2D eigenvalue weighted by atomic mass is 16.6. The highest BCUT2D eigenvalue weighted by molar-refractivity contribution is 6.04. The summed E-state index contributed by atoms with van der Waals surface area (Å²) in [4.78, 5) is 70.9. The van der Waals surface area contributed by atoms with Crippen LogP contribution in [0.15, 0.2) is 58.9 Å². The fourth-order valence-electron chi connectivity index (χ4n) is 9.68. The van der Waals surface area contributed by atoms with Crippen LogP contribution in [0.1, 0.15) is 80.1 Å². The van der Waals surface area contributed by atoms with Crippen molar-refractivity contribution in [2.24, 2.45) is 46.3 Å². The van der Waals surface area contributed by atoms with Crippen molar-refractivity contribution in [1.29, 1.82) is 0 Å². The summed E-state index contributed by atoms with van der Waals surface area (Å²) in [5, 5.41) is 24.0. The summed E-state index contributed by atoms with van der Waals surface area (Å²) >= 11 is 0. The summed E-state index contributed by atoms with van der Waals surface area (Å²) in [7, 11) is 0. The molecule has 2 saturated carbocycles. The van der Waals surface area contributed by atoms with Gasteiger partial charge in [0.15, 0.2) is 5.60 Å². The van der Waals surface area contributed by atoms with E-state index in [4.69, 9.17) is 14.2 Å². The van der Waals surface area contributed by atoms with Gasteiger partial charge in [-0.1, -0.05) is 38.2 Å². The molecule has 10 heteroatoms. The summed E-state index contributed by atoms with van der Waals surface area (Å²) in [6.45, 7) is 18.5. The van der Waals surface area contributed by atoms with Crippen molar-refractivity contribution in [3.8, 4) is 0 Å². The summed E-state index contributed by atoms with van der Waals surface area (Å²) in [6.07, 6.45) is 1.03. The molecular weight excluding hydrogens is 640 g/mol. The zero-order valence-electron chi connectivity index (χ0n) is 29.7. The highest BCUT2D eigenvalue weighted by Gasteiger charge is 2.70. The smallest absolute Gasteiger partial charge is 0.334 e. The fraction of sp³-hybridized carbons (Fsp3) is 0.625. The van der Waals surface area contributed by atoms with Gasteiger partial charge in [-0.05, 0) is 83.9 Å². The number of fused-ring (bicyclic) bond motifs is 9. The predicted octanol–water partition coefficient (Wildman–Crippen LogP) is 4.44. The van der Waals surface area contributed by atoms with E-state index in [0.717, 1.165) is 0 Å². The molecule has 13 atom stereocenters. The zero-order valence-corrected chi connectivity index (χ0v) is 29.7. The van der Waals surface area contributed by atoms with E-state index in [1.165, 1.54) is 6.92 Å². The van der Waals surface area contributed by atoms with E-state index < -0.39 is 94.1 Å². The molecule has 0 aromatic rings. The van der Waals surface area contributed by atoms with Crippen LogP contribution in [-0.4, -0.2) is 69.5 Å². The second-order valence-corrected chi connectivity index (χ2v) is 16.8. The fourth-order valence-corrected chi connectivity index (χ4v) is 9.68. The Morgan fingerprint density at radius 3 is 1.70 bits per heavy atom. The molecule has 0 aromatic carbocycles. The molecule has 0 amide bonds. The SMILES string of the molecule is C=C(C)C1CCC2=CC(OC2=O)C2(C)CC2C(=O)C2C3C(=O)C4CC4(C)C4C=C(CCC(C(=C)C)C(O)C(=C3C)OC2(C)C(=O)C1O)C(=O)O4. The predicted molar refractivity (Wildman–Crippen MR) is 180 cm³/mol. The first kappa shape index (κ1) is 34.8. The van der Waals surface area contributed by atoms with Crippen LogP contribution in [0.3, 0.4) is 0 Å². The van der Waals surface area contributed by atoms with Crippen LogP contribution in [0.2, 0.25) is 0 Å². The third kappa shape index (κ3) is 4.99. The second-order valence-electron chi connectivity index (χ2n) is 16.8. The largest absolute Gasteiger partial charge is 0.480 e. The molecular formula is C40H48O10. The normalized spacial score (nSPS) is 45.6. The maximum Gasteiger partial charge on any atom is 0.334 e. The van der Waals surface area contributed by atoms with Gasteiger partial charge in [-0.2, -0.15) is 0 Å². The van der Waals surface area contributed by atoms with E-state index >= 15 is 9.59 Å². The topological polar surface area (TPSA) is 154 Å². The summed E-state index contributed by atoms with van der Waals surface area (Å²) in [5.74, 6) is -7.64. The summed E-state index contributed by atoms with van der Waals surface area (Å²) in [6, 6.07) is 0. The molecule has 0 spiro atoms. The van der Waals surface area contributed by atoms with E-state index in [1.807, 2.05) is 13.8 Å². The lowest BCUT2D eigenvalue weighted by Gasteiger charge is -2.48. The van der Waals surface area contributed by atoms with E-state index in [0.29, 0.717) is 53.5 Å². The van der Waals surface area contributed by atoms with Gasteiger partial charge < -0.3 is 24.4 Å². The Labute approximate surface area is 292 Å². The van der Waals surface area contributed by atoms with Crippen LogP contribution < -0.4 is 0 Å². The Hall–Kier alpha value is -3.63. The lowest BCUT2D eigenvalue weighted by atomic mass is 9.63. The van der Waals surface area contributed by atoms with Gasteiger partial charge >= 0.3 is 11.9 Å². The number of aliphatic hydroxyl groups is 2. The van der Waals surface area contributed by atoms with Crippen molar-refractivity contribution < 1.29 is 48.4 Å². The first-order valence-electron chi connectivity index (χ1n) is 17.9. The van der Waals surface area contributed by atoms with Gasteiger partial charge in [0.2, 0.25) is 5.78 Å². The highest BCUT2D eigenvalue weighted by Crippen LogP contribution is 2.64. The number of allylic oxidation sites excluding steroid dienone is 1. The monoisotopic (exact) mass is 688 g/mol. The van der Waals surface area contributed by atoms with Gasteiger partial charge in [-0.25, -0.2) is 9.59 Å². The number of carbonyl (C=O) groups excluding carboxylic acids is 5. The molecule has 50 heavy (non-hydrogen) atoms. The molecule has 7 rings (SSSR count). The van der Waals surface area contributed by atoms with Gasteiger partial charge in [0, 0.05) is 45.6 Å². The number of rotatable bonds is 2. The van der Waals surface area contributed by atoms with Gasteiger partial charge in [-0.3, -0.25) is 14.4 Å². The maximum atomic E-state index is 15.1. The van der Waals surface area contributed by atoms with E-state index in [1.54, 1.807) is 32.9 Å². The number of Topliss-reactive ketones (excluding diaryl/α,β-unsaturated/α-hetero) is 3. The van der Waals surface area contributed by atoms with Crippen molar-refractivity contribution >= 4 is 29.3 Å². The van der Waals surface area contributed by atoms with Crippen molar-refractivity contribution in [1.82, 2.24) is 0 Å². The number of ether oxygens (including phenoxy) is 3. The summed E-state index contributed by atoms with van der Waals surface area (Å²) in [5.41, 5.74) is -1.16. The molecule has 0 saturated heterocycles. The minimum Gasteiger partial charge on any atom is -0.480 e. The molecule has 2 fully saturated rings. The Balaban J connectivity index is 1.41. The number of ketones is 3. The van der Waals surface area contributed by atoms with E-state index in [9.17, 15) is 24.6 Å². The van der Waals surface area contributed by atoms with Crippen molar-refractivity contribution in [2.75, 3.05) is 0 Å². The molecule has 4 aliphatic carbocycles. The quantitative estimate of drug-likeness (QED) is 0.315. The minimum atomic E-state index is -2.05. The van der Waals surface area contributed by atoms with Crippen LogP contribution in [-0.2, 0) is 38.2 Å². The van der Waals surface area contributed by atoms with Crippen LogP contribution >= 0.6 is 0 Å². The van der Waals surface area contributed by atoms with E-state index in [-0.39, 0.29) is 30.2 Å². The number of hydrogen-bond donors (Lipinski definition) is 2. The number of aliphatic hydroxyl groups excluding tert-OH is 2. The van der Waals surface area contributed by atoms with Crippen LogP contribution in [0.5, 0.6) is 0 Å². The van der Waals surface area contributed by atoms with Crippen molar-refractivity contribution in [3.63, 3.8) is 0 Å². The first-order valence-corrected chi connectivity index (χ1v) is 17.9. The first-order chi connectivity index (χ1) is 23.3. The average molecular weight is 689 g/mol. The van der Waals surface area contributed by atoms with Crippen molar-refractivity contribution in [3.05, 3.63) is 58.9 Å². The van der Waals surface area contributed by atoms with Crippen LogP contribution in [0.25, 0.3) is 0 Å². The molecule has 0 aromatic heterocycles. The van der Waals surface area contributed by atoms with Gasteiger partial charge in [0.1, 0.15) is 41.7 Å². The molecule has 0 radical (unpaired) electrons. The third-order valence-electron chi connectivity index (χ3n) is 13.5. The lowest BCUT2D eigenvalue weighted by Crippen LogP contribution is -2.61. The Bertz CT molecular complexity index is 1750. The second kappa shape index (κ2) is 11.4. The molecule has 7 aliphatic rings. The van der Waals surface area contributed by atoms with Crippen LogP contribution in [0, 0.1) is 46.3 Å². The maximum absolute atomic E-state index is 15.1. The average Bonchev–Trinajstić information content (AvgIpc) is 3.83. The van der Waals surface area contributed by atoms with Crippen molar-refractivity contribution in [2.45, 2.75) is 110 Å². The molecule has 3 heterocycles. The molecule has 268 valence electrons. The van der Waals surface area contributed by atoms with Gasteiger partial charge in [-0.15, -0.1) is 0 Å². The Morgan fingerprint density at radius 1 is 0.760 bits per heavy atom. The Morgan fingerprint density at radius 2 is 1.22 bits per heavy atom. The number of carbonyl (C=O) groups is 5. The third-order valence-corrected chi connectivity index (χ3v) is 13.5. The molecule has 3 aliphatic heterocycles. The minimum absolute atomic E-state index is 0.0124. The number of esters is 2. The van der Waals surface area contributed by atoms with Gasteiger partial charge in [0.05, 0.1) is 11.8 Å². The zero-order chi connectivity index (χ0) is 36.4. The molecule has 6 bridgehead atoms. The van der Waals surface area contributed by atoms with Crippen LogP contribution in [0.4, 0.5) is 0 Å². The number of hydrogen-bond acceptors (Lipinski definition) is 10. The molecule has 2 N–H and O–H groups in total. The molecule has 13 unspecified atom stereocenters. The van der Waals surface area contributed by atoms with Gasteiger partial charge in [0.25, 0.3) is 0 Å². The molecule has 10 nitrogen and oxygen atoms in total. The lowest BCUT2D eigenvalue weighted by molar-refractivity contribution is -0.172. The van der Waals surface area contributed by atoms with E-state index in [2.05, 4.69) is 13.2 Å². The Kier molecular flexibility index (Phi) is 7.96.